The molecular formula is C26H31N5O5. The van der Waals surface area contributed by atoms with Crippen molar-refractivity contribution in [3.63, 3.8) is 0 Å². The molecule has 2 saturated carbocycles. The molecule has 2 aliphatic carbocycles. The summed E-state index contributed by atoms with van der Waals surface area (Å²) in [7, 11) is 0. The first-order chi connectivity index (χ1) is 17.1. The first-order valence-corrected chi connectivity index (χ1v) is 12.2. The quantitative estimate of drug-likeness (QED) is 0.416. The van der Waals surface area contributed by atoms with Crippen LogP contribution in [0.25, 0.3) is 5.52 Å². The number of fused-ring (bicyclic) bond motifs is 1. The number of hydrogen-bond donors (Lipinski definition) is 3. The van der Waals surface area contributed by atoms with E-state index in [1.807, 2.05) is 6.07 Å². The summed E-state index contributed by atoms with van der Waals surface area (Å²) in [6.07, 6.45) is 8.88. The van der Waals surface area contributed by atoms with Crippen molar-refractivity contribution in [1.29, 1.82) is 0 Å². The zero-order valence-corrected chi connectivity index (χ0v) is 20.4. The predicted molar refractivity (Wildman–Crippen MR) is 131 cm³/mol. The summed E-state index contributed by atoms with van der Waals surface area (Å²) in [6, 6.07) is 6.99. The van der Waals surface area contributed by atoms with Gasteiger partial charge in [0.1, 0.15) is 17.4 Å². The number of aromatic nitrogens is 3. The number of nitrogens with one attached hydrogen (secondary N) is 1. The maximum atomic E-state index is 12.9. The van der Waals surface area contributed by atoms with E-state index in [1.165, 1.54) is 0 Å². The van der Waals surface area contributed by atoms with Crippen LogP contribution in [-0.4, -0.2) is 55.9 Å². The average Bonchev–Trinajstić information content (AvgIpc) is 3.19. The Morgan fingerprint density at radius 1 is 1.22 bits per heavy atom. The highest BCUT2D eigenvalue weighted by Gasteiger charge is 2.54. The molecule has 190 valence electrons. The first kappa shape index (κ1) is 24.1. The molecule has 3 aromatic rings. The van der Waals surface area contributed by atoms with E-state index in [1.54, 1.807) is 55.2 Å². The molecule has 2 aliphatic rings. The number of primary amides is 1. The van der Waals surface area contributed by atoms with Crippen LogP contribution in [0.5, 0.6) is 11.6 Å². The lowest BCUT2D eigenvalue weighted by atomic mass is 9.53. The predicted octanol–water partition coefficient (Wildman–Crippen LogP) is 2.49. The highest BCUT2D eigenvalue weighted by molar-refractivity contribution is 6.00. The number of aliphatic hydroxyl groups is 1. The second-order valence-electron chi connectivity index (χ2n) is 10.6. The molecule has 0 aliphatic heterocycles. The fourth-order valence-electron chi connectivity index (χ4n) is 5.15. The number of carbonyl (C=O) groups excluding carboxylic acids is 2. The minimum absolute atomic E-state index is 0.00543. The fourth-order valence-corrected chi connectivity index (χ4v) is 5.15. The molecule has 2 amide bonds. The molecule has 10 nitrogen and oxygen atoms in total. The topological polar surface area (TPSA) is 141 Å². The lowest BCUT2D eigenvalue weighted by Gasteiger charge is -2.57. The molecule has 0 unspecified atom stereocenters. The molecule has 0 atom stereocenters. The maximum absolute atomic E-state index is 12.9. The van der Waals surface area contributed by atoms with E-state index in [0.717, 1.165) is 25.7 Å². The standard InChI is InChI=1S/C26H31N5O5/c1-25(2,34)7-9-35-17-5-6-21-20(14-29-31(21)15-17)23(33)30-16-10-26(11-16)12-18(13-26)36-24-19(22(27)32)4-3-8-28-24/h3-6,8,14-16,18,34H,7,9-13H2,1-2H3,(H2,27,32)(H,30,33). The monoisotopic (exact) mass is 493 g/mol. The molecule has 2 fully saturated rings. The Bertz CT molecular complexity index is 1280. The van der Waals surface area contributed by atoms with E-state index in [2.05, 4.69) is 15.4 Å². The van der Waals surface area contributed by atoms with Gasteiger partial charge in [0, 0.05) is 18.7 Å². The van der Waals surface area contributed by atoms with Gasteiger partial charge >= 0.3 is 0 Å². The third-order valence-electron chi connectivity index (χ3n) is 7.05. The molecule has 0 radical (unpaired) electrons. The van der Waals surface area contributed by atoms with Crippen LogP contribution in [0.2, 0.25) is 0 Å². The Kier molecular flexibility index (Phi) is 6.07. The number of nitrogens with zero attached hydrogens (tertiary/aromatic N) is 3. The molecule has 0 aromatic carbocycles. The second kappa shape index (κ2) is 9.09. The van der Waals surface area contributed by atoms with Crippen LogP contribution in [0.4, 0.5) is 0 Å². The number of ether oxygens (including phenoxy) is 2. The normalized spacial score (nSPS) is 23.1. The van der Waals surface area contributed by atoms with Gasteiger partial charge in [-0.05, 0) is 69.2 Å². The van der Waals surface area contributed by atoms with Crippen molar-refractivity contribution in [3.05, 3.63) is 54.0 Å². The van der Waals surface area contributed by atoms with Crippen LogP contribution < -0.4 is 20.5 Å². The van der Waals surface area contributed by atoms with Crippen LogP contribution in [0.15, 0.2) is 42.9 Å². The van der Waals surface area contributed by atoms with Crippen LogP contribution in [0.3, 0.4) is 0 Å². The van der Waals surface area contributed by atoms with Gasteiger partial charge in [0.2, 0.25) is 5.88 Å². The lowest BCUT2D eigenvalue weighted by Crippen LogP contribution is -2.58. The molecule has 0 bridgehead atoms. The van der Waals surface area contributed by atoms with E-state index in [9.17, 15) is 14.7 Å². The van der Waals surface area contributed by atoms with Crippen LogP contribution in [0.1, 0.15) is 66.7 Å². The number of pyridine rings is 2. The summed E-state index contributed by atoms with van der Waals surface area (Å²) in [5, 5.41) is 17.2. The van der Waals surface area contributed by atoms with Crippen molar-refractivity contribution < 1.29 is 24.2 Å². The van der Waals surface area contributed by atoms with Crippen LogP contribution >= 0.6 is 0 Å². The SMILES string of the molecule is CC(C)(O)CCOc1ccc2c(C(=O)NC3CC4(C3)CC(Oc3ncccc3C(N)=O)C4)cnn2c1. The zero-order valence-electron chi connectivity index (χ0n) is 20.4. The molecular weight excluding hydrogens is 462 g/mol. The molecule has 4 N–H and O–H groups in total. The van der Waals surface area contributed by atoms with Gasteiger partial charge < -0.3 is 25.6 Å². The van der Waals surface area contributed by atoms with Gasteiger partial charge in [0.25, 0.3) is 11.8 Å². The minimum Gasteiger partial charge on any atom is -0.492 e. The Labute approximate surface area is 208 Å². The second-order valence-corrected chi connectivity index (χ2v) is 10.6. The smallest absolute Gasteiger partial charge is 0.255 e. The summed E-state index contributed by atoms with van der Waals surface area (Å²) >= 11 is 0. The van der Waals surface area contributed by atoms with Crippen LogP contribution in [-0.2, 0) is 0 Å². The molecule has 1 spiro atoms. The van der Waals surface area contributed by atoms with Crippen molar-refractivity contribution in [2.75, 3.05) is 6.61 Å². The summed E-state index contributed by atoms with van der Waals surface area (Å²) in [5.41, 5.74) is 6.29. The van der Waals surface area contributed by atoms with Crippen molar-refractivity contribution in [2.24, 2.45) is 11.1 Å². The van der Waals surface area contributed by atoms with Gasteiger partial charge in [0.15, 0.2) is 0 Å². The highest BCUT2D eigenvalue weighted by Crippen LogP contribution is 2.56. The molecule has 3 heterocycles. The largest absolute Gasteiger partial charge is 0.492 e. The fraction of sp³-hybridized carbons (Fsp3) is 0.462. The molecule has 5 rings (SSSR count). The molecule has 10 heteroatoms. The summed E-state index contributed by atoms with van der Waals surface area (Å²) in [4.78, 5) is 28.6. The Morgan fingerprint density at radius 3 is 2.72 bits per heavy atom. The van der Waals surface area contributed by atoms with Gasteiger partial charge in [-0.25, -0.2) is 9.50 Å². The minimum atomic E-state index is -0.790. The molecule has 3 aromatic heterocycles. The van der Waals surface area contributed by atoms with Gasteiger partial charge in [-0.15, -0.1) is 0 Å². The van der Waals surface area contributed by atoms with E-state index in [4.69, 9.17) is 15.2 Å². The summed E-state index contributed by atoms with van der Waals surface area (Å²) in [6.45, 7) is 3.86. The van der Waals surface area contributed by atoms with Gasteiger partial charge in [-0.2, -0.15) is 5.10 Å². The van der Waals surface area contributed by atoms with Gasteiger partial charge in [-0.1, -0.05) is 0 Å². The van der Waals surface area contributed by atoms with E-state index in [0.29, 0.717) is 35.4 Å². The van der Waals surface area contributed by atoms with Crippen LogP contribution in [0, 0.1) is 5.41 Å². The number of amides is 2. The Hall–Kier alpha value is -3.66. The Balaban J connectivity index is 1.11. The van der Waals surface area contributed by atoms with E-state index >= 15 is 0 Å². The van der Waals surface area contributed by atoms with Crippen molar-refractivity contribution in [2.45, 2.75) is 63.7 Å². The third-order valence-corrected chi connectivity index (χ3v) is 7.05. The lowest BCUT2D eigenvalue weighted by molar-refractivity contribution is -0.0848. The highest BCUT2D eigenvalue weighted by atomic mass is 16.5. The summed E-state index contributed by atoms with van der Waals surface area (Å²) in [5.74, 6) is 0.207. The van der Waals surface area contributed by atoms with Gasteiger partial charge in [0.05, 0.1) is 35.7 Å². The van der Waals surface area contributed by atoms with E-state index < -0.39 is 11.5 Å². The number of rotatable bonds is 9. The molecule has 36 heavy (non-hydrogen) atoms. The molecule has 0 saturated heterocycles. The van der Waals surface area contributed by atoms with E-state index in [-0.39, 0.29) is 29.3 Å². The number of nitrogens with two attached hydrogens (primary N) is 1. The van der Waals surface area contributed by atoms with Crippen molar-refractivity contribution >= 4 is 17.3 Å². The first-order valence-electron chi connectivity index (χ1n) is 12.2. The van der Waals surface area contributed by atoms with Crippen molar-refractivity contribution in [1.82, 2.24) is 19.9 Å². The van der Waals surface area contributed by atoms with Gasteiger partial charge in [-0.3, -0.25) is 9.59 Å². The Morgan fingerprint density at radius 2 is 2.00 bits per heavy atom. The number of carbonyl (C=O) groups is 2. The third kappa shape index (κ3) is 4.99. The average molecular weight is 494 g/mol. The summed E-state index contributed by atoms with van der Waals surface area (Å²) < 4.78 is 13.2. The zero-order chi connectivity index (χ0) is 25.5. The van der Waals surface area contributed by atoms with Crippen molar-refractivity contribution in [3.8, 4) is 11.6 Å². The maximum Gasteiger partial charge on any atom is 0.255 e. The number of hydrogen-bond acceptors (Lipinski definition) is 7.